The van der Waals surface area contributed by atoms with E-state index in [0.717, 1.165) is 51.3 Å². The fourth-order valence-corrected chi connectivity index (χ4v) is 5.84. The maximum absolute atomic E-state index is 9.83. The van der Waals surface area contributed by atoms with Gasteiger partial charge in [-0.25, -0.2) is 0 Å². The molecule has 1 aliphatic rings. The lowest BCUT2D eigenvalue weighted by molar-refractivity contribution is 0.413. The number of benzene rings is 3. The molecule has 0 amide bonds. The van der Waals surface area contributed by atoms with E-state index in [1.165, 1.54) is 0 Å². The molecule has 206 valence electrons. The molecule has 0 saturated carbocycles. The molecule has 3 heterocycles. The first-order valence-corrected chi connectivity index (χ1v) is 13.7. The molecule has 5 aromatic rings. The maximum atomic E-state index is 9.83. The van der Waals surface area contributed by atoms with Crippen molar-refractivity contribution < 1.29 is 14.6 Å². The summed E-state index contributed by atoms with van der Waals surface area (Å²) < 4.78 is 13.5. The molecule has 3 aromatic carbocycles. The second-order valence-corrected chi connectivity index (χ2v) is 10.3. The average molecular weight is 563 g/mol. The van der Waals surface area contributed by atoms with Gasteiger partial charge in [-0.3, -0.25) is 4.98 Å². The molecule has 0 unspecified atom stereocenters. The van der Waals surface area contributed by atoms with Gasteiger partial charge in [0.05, 0.1) is 24.9 Å². The summed E-state index contributed by atoms with van der Waals surface area (Å²) in [5.41, 5.74) is 6.16. The van der Waals surface area contributed by atoms with Gasteiger partial charge < -0.3 is 29.4 Å². The number of rotatable bonds is 7. The van der Waals surface area contributed by atoms with Crippen molar-refractivity contribution in [3.05, 3.63) is 126 Å². The van der Waals surface area contributed by atoms with Crippen LogP contribution in [0.1, 0.15) is 34.7 Å². The van der Waals surface area contributed by atoms with E-state index in [1.54, 1.807) is 19.2 Å². The Morgan fingerprint density at radius 1 is 0.829 bits per heavy atom. The van der Waals surface area contributed by atoms with E-state index < -0.39 is 0 Å². The number of aromatic nitrogens is 2. The first-order valence-electron chi connectivity index (χ1n) is 13.3. The molecule has 0 bridgehead atoms. The van der Waals surface area contributed by atoms with Crippen LogP contribution in [0, 0.1) is 13.8 Å². The minimum absolute atomic E-state index is 0.150. The minimum atomic E-state index is -0.160. The van der Waals surface area contributed by atoms with E-state index in [9.17, 15) is 5.11 Å². The highest BCUT2D eigenvalue weighted by molar-refractivity contribution is 7.80. The highest BCUT2D eigenvalue weighted by atomic mass is 32.1. The lowest BCUT2D eigenvalue weighted by atomic mass is 9.96. The SMILES string of the molecule is COc1ccc(Oc2ccc(N3C(=S)N[C@H](c4ccccn4)[C@H]3c3cc(C)n(-c4ccc(O)cc4)c3C)cc2)cc1. The van der Waals surface area contributed by atoms with Gasteiger partial charge in [0.15, 0.2) is 5.11 Å². The Kier molecular flexibility index (Phi) is 7.07. The molecule has 1 aliphatic heterocycles. The number of phenolic OH excluding ortho intramolecular Hbond substituents is 1. The number of ether oxygens (including phenoxy) is 2. The van der Waals surface area contributed by atoms with Crippen molar-refractivity contribution in [2.75, 3.05) is 12.0 Å². The molecule has 7 nitrogen and oxygen atoms in total. The van der Waals surface area contributed by atoms with Crippen molar-refractivity contribution in [2.45, 2.75) is 25.9 Å². The Balaban J connectivity index is 1.38. The Morgan fingerprint density at radius 2 is 1.46 bits per heavy atom. The van der Waals surface area contributed by atoms with Crippen LogP contribution in [0.4, 0.5) is 5.69 Å². The quantitative estimate of drug-likeness (QED) is 0.204. The summed E-state index contributed by atoms with van der Waals surface area (Å²) in [6.07, 6.45) is 1.81. The van der Waals surface area contributed by atoms with Crippen LogP contribution in [0.5, 0.6) is 23.0 Å². The van der Waals surface area contributed by atoms with Crippen molar-refractivity contribution in [1.29, 1.82) is 0 Å². The fraction of sp³-hybridized carbons (Fsp3) is 0.152. The lowest BCUT2D eigenvalue weighted by Crippen LogP contribution is -2.29. The number of hydrogen-bond donors (Lipinski definition) is 2. The average Bonchev–Trinajstić information content (AvgIpc) is 3.49. The number of pyridine rings is 1. The summed E-state index contributed by atoms with van der Waals surface area (Å²) in [6, 6.07) is 30.6. The normalized spacial score (nSPS) is 16.5. The molecule has 41 heavy (non-hydrogen) atoms. The topological polar surface area (TPSA) is 71.8 Å². The number of hydrogen-bond acceptors (Lipinski definition) is 5. The Bertz CT molecular complexity index is 1670. The summed E-state index contributed by atoms with van der Waals surface area (Å²) in [4.78, 5) is 6.85. The molecule has 2 atom stereocenters. The van der Waals surface area contributed by atoms with Crippen molar-refractivity contribution in [2.24, 2.45) is 0 Å². The van der Waals surface area contributed by atoms with Gasteiger partial charge in [0, 0.05) is 29.0 Å². The third kappa shape index (κ3) is 5.10. The zero-order valence-corrected chi connectivity index (χ0v) is 23.8. The predicted molar refractivity (Wildman–Crippen MR) is 164 cm³/mol. The highest BCUT2D eigenvalue weighted by Gasteiger charge is 2.42. The number of aryl methyl sites for hydroxylation is 1. The number of phenols is 1. The van der Waals surface area contributed by atoms with E-state index in [2.05, 4.69) is 39.7 Å². The predicted octanol–water partition coefficient (Wildman–Crippen LogP) is 7.17. The standard InChI is InChI=1S/C33H30N4O3S/c1-21-20-29(22(2)36(21)23-7-11-25(38)12-8-23)32-31(30-6-4-5-19-34-30)35-33(41)37(32)24-9-13-27(14-10-24)40-28-17-15-26(39-3)16-18-28/h4-20,31-32,38H,1-3H3,(H,35,41)/t31-,32-/m1/s1. The number of nitrogens with one attached hydrogen (secondary N) is 1. The van der Waals surface area contributed by atoms with E-state index in [4.69, 9.17) is 21.7 Å². The van der Waals surface area contributed by atoms with Gasteiger partial charge in [-0.15, -0.1) is 0 Å². The van der Waals surface area contributed by atoms with Gasteiger partial charge in [-0.1, -0.05) is 6.07 Å². The van der Waals surface area contributed by atoms with Crippen molar-refractivity contribution in [3.63, 3.8) is 0 Å². The molecule has 8 heteroatoms. The summed E-state index contributed by atoms with van der Waals surface area (Å²) in [7, 11) is 1.64. The molecule has 1 fully saturated rings. The smallest absolute Gasteiger partial charge is 0.174 e. The maximum Gasteiger partial charge on any atom is 0.174 e. The van der Waals surface area contributed by atoms with Gasteiger partial charge in [0.2, 0.25) is 0 Å². The second kappa shape index (κ2) is 11.0. The van der Waals surface area contributed by atoms with Crippen LogP contribution in [0.2, 0.25) is 0 Å². The van der Waals surface area contributed by atoms with Crippen molar-refractivity contribution in [3.8, 4) is 28.7 Å². The minimum Gasteiger partial charge on any atom is -0.508 e. The molecule has 0 aliphatic carbocycles. The zero-order chi connectivity index (χ0) is 28.5. The van der Waals surface area contributed by atoms with E-state index in [0.29, 0.717) is 5.11 Å². The molecular formula is C33H30N4O3S. The number of nitrogens with zero attached hydrogens (tertiary/aromatic N) is 3. The number of thiocarbonyl (C=S) groups is 1. The van der Waals surface area contributed by atoms with E-state index >= 15 is 0 Å². The zero-order valence-electron chi connectivity index (χ0n) is 23.0. The summed E-state index contributed by atoms with van der Waals surface area (Å²) in [5.74, 6) is 2.47. The highest BCUT2D eigenvalue weighted by Crippen LogP contribution is 2.44. The Hall–Kier alpha value is -4.82. The number of aromatic hydroxyl groups is 1. The first-order chi connectivity index (χ1) is 19.9. The van der Waals surface area contributed by atoms with Crippen LogP contribution in [-0.2, 0) is 0 Å². The first kappa shape index (κ1) is 26.4. The van der Waals surface area contributed by atoms with Crippen LogP contribution in [0.25, 0.3) is 5.69 Å². The van der Waals surface area contributed by atoms with Crippen LogP contribution in [0.15, 0.2) is 103 Å². The van der Waals surface area contributed by atoms with E-state index in [1.807, 2.05) is 85.1 Å². The molecule has 2 N–H and O–H groups in total. The van der Waals surface area contributed by atoms with Crippen LogP contribution in [0.3, 0.4) is 0 Å². The molecule has 2 aromatic heterocycles. The van der Waals surface area contributed by atoms with Gasteiger partial charge in [0.1, 0.15) is 23.0 Å². The lowest BCUT2D eigenvalue weighted by Gasteiger charge is -2.28. The molecule has 1 saturated heterocycles. The van der Waals surface area contributed by atoms with Crippen LogP contribution >= 0.6 is 12.2 Å². The molecule has 0 radical (unpaired) electrons. The van der Waals surface area contributed by atoms with Crippen LogP contribution < -0.4 is 19.7 Å². The van der Waals surface area contributed by atoms with Gasteiger partial charge in [0.25, 0.3) is 0 Å². The third-order valence-electron chi connectivity index (χ3n) is 7.40. The Labute approximate surface area is 244 Å². The van der Waals surface area contributed by atoms with Crippen molar-refractivity contribution >= 4 is 23.0 Å². The molecule has 6 rings (SSSR count). The Morgan fingerprint density at radius 3 is 2.10 bits per heavy atom. The van der Waals surface area contributed by atoms with Crippen molar-refractivity contribution in [1.82, 2.24) is 14.9 Å². The largest absolute Gasteiger partial charge is 0.508 e. The van der Waals surface area contributed by atoms with Gasteiger partial charge >= 0.3 is 0 Å². The monoisotopic (exact) mass is 562 g/mol. The third-order valence-corrected chi connectivity index (χ3v) is 7.72. The summed E-state index contributed by atoms with van der Waals surface area (Å²) >= 11 is 5.94. The number of anilines is 1. The molecular weight excluding hydrogens is 532 g/mol. The van der Waals surface area contributed by atoms with Crippen LogP contribution in [-0.4, -0.2) is 26.9 Å². The number of methoxy groups -OCH3 is 1. The summed E-state index contributed by atoms with van der Waals surface area (Å²) in [5, 5.41) is 14.0. The summed E-state index contributed by atoms with van der Waals surface area (Å²) in [6.45, 7) is 4.21. The fourth-order valence-electron chi connectivity index (χ4n) is 5.49. The van der Waals surface area contributed by atoms with E-state index in [-0.39, 0.29) is 17.8 Å². The van der Waals surface area contributed by atoms with Gasteiger partial charge in [-0.2, -0.15) is 0 Å². The van der Waals surface area contributed by atoms with Gasteiger partial charge in [-0.05, 0) is 123 Å². The second-order valence-electron chi connectivity index (χ2n) is 9.95. The molecule has 0 spiro atoms.